The highest BCUT2D eigenvalue weighted by atomic mass is 32.2. The van der Waals surface area contributed by atoms with E-state index in [-0.39, 0.29) is 0 Å². The normalized spacial score (nSPS) is 25.6. The second-order valence-corrected chi connectivity index (χ2v) is 7.25. The zero-order chi connectivity index (χ0) is 15.5. The van der Waals surface area contributed by atoms with Gasteiger partial charge in [0.2, 0.25) is 0 Å². The molecule has 0 aromatic carbocycles. The molecule has 6 heteroatoms. The molecule has 0 aliphatic carbocycles. The van der Waals surface area contributed by atoms with Gasteiger partial charge in [-0.2, -0.15) is 11.8 Å². The fraction of sp³-hybridized carbons (Fsp3) is 0.938. The number of nitrogens with one attached hydrogen (secondary N) is 2. The third-order valence-electron chi connectivity index (χ3n) is 3.91. The first-order valence-corrected chi connectivity index (χ1v) is 9.76. The van der Waals surface area contributed by atoms with Crippen molar-refractivity contribution in [2.75, 3.05) is 45.2 Å². The van der Waals surface area contributed by atoms with E-state index in [1.807, 2.05) is 0 Å². The van der Waals surface area contributed by atoms with E-state index in [1.54, 1.807) is 0 Å². The summed E-state index contributed by atoms with van der Waals surface area (Å²) in [5.74, 6) is 2.24. The van der Waals surface area contributed by atoms with Crippen LogP contribution < -0.4 is 10.6 Å². The molecule has 0 bridgehead atoms. The van der Waals surface area contributed by atoms with Gasteiger partial charge in [0.15, 0.2) is 5.96 Å². The second-order valence-electron chi connectivity index (χ2n) is 5.84. The van der Waals surface area contributed by atoms with Crippen molar-refractivity contribution >= 4 is 17.7 Å². The molecule has 2 unspecified atom stereocenters. The molecule has 2 aliphatic rings. The van der Waals surface area contributed by atoms with Crippen molar-refractivity contribution in [1.82, 2.24) is 10.6 Å². The van der Waals surface area contributed by atoms with E-state index in [0.717, 1.165) is 58.3 Å². The lowest BCUT2D eigenvalue weighted by Gasteiger charge is -2.13. The molecule has 0 spiro atoms. The summed E-state index contributed by atoms with van der Waals surface area (Å²) in [7, 11) is 0. The molecule has 2 atom stereocenters. The van der Waals surface area contributed by atoms with Crippen LogP contribution in [0.3, 0.4) is 0 Å². The minimum atomic E-state index is 0.329. The molecule has 5 nitrogen and oxygen atoms in total. The highest BCUT2D eigenvalue weighted by molar-refractivity contribution is 8.00. The van der Waals surface area contributed by atoms with E-state index in [1.165, 1.54) is 25.0 Å². The number of aliphatic imine (C=N–C) groups is 1. The Labute approximate surface area is 139 Å². The van der Waals surface area contributed by atoms with Gasteiger partial charge in [0.05, 0.1) is 19.3 Å². The third kappa shape index (κ3) is 7.20. The number of hydrogen-bond acceptors (Lipinski definition) is 4. The quantitative estimate of drug-likeness (QED) is 0.385. The summed E-state index contributed by atoms with van der Waals surface area (Å²) in [6.45, 7) is 7.26. The number of hydrogen-bond donors (Lipinski definition) is 2. The Morgan fingerprint density at radius 2 is 2.27 bits per heavy atom. The van der Waals surface area contributed by atoms with E-state index in [0.29, 0.717) is 11.4 Å². The van der Waals surface area contributed by atoms with E-state index >= 15 is 0 Å². The van der Waals surface area contributed by atoms with E-state index in [4.69, 9.17) is 9.47 Å². The zero-order valence-electron chi connectivity index (χ0n) is 13.8. The Bertz CT molecular complexity index is 317. The summed E-state index contributed by atoms with van der Waals surface area (Å²) in [5, 5.41) is 7.42. The van der Waals surface area contributed by atoms with Crippen molar-refractivity contribution in [2.24, 2.45) is 4.99 Å². The maximum atomic E-state index is 5.67. The van der Waals surface area contributed by atoms with Gasteiger partial charge < -0.3 is 20.1 Å². The molecule has 2 heterocycles. The molecule has 0 aromatic rings. The van der Waals surface area contributed by atoms with Gasteiger partial charge in [-0.05, 0) is 44.8 Å². The van der Waals surface area contributed by atoms with Crippen LogP contribution in [-0.4, -0.2) is 62.5 Å². The molecule has 0 saturated carbocycles. The van der Waals surface area contributed by atoms with Crippen LogP contribution in [0.2, 0.25) is 0 Å². The Morgan fingerprint density at radius 1 is 1.32 bits per heavy atom. The smallest absolute Gasteiger partial charge is 0.191 e. The zero-order valence-corrected chi connectivity index (χ0v) is 14.6. The summed E-state index contributed by atoms with van der Waals surface area (Å²) in [6.07, 6.45) is 6.30. The molecule has 0 aromatic heterocycles. The van der Waals surface area contributed by atoms with Crippen LogP contribution in [0.4, 0.5) is 0 Å². The van der Waals surface area contributed by atoms with Gasteiger partial charge in [-0.25, -0.2) is 0 Å². The summed E-state index contributed by atoms with van der Waals surface area (Å²) < 4.78 is 11.2. The van der Waals surface area contributed by atoms with Gasteiger partial charge in [0.25, 0.3) is 0 Å². The number of ether oxygens (including phenoxy) is 2. The van der Waals surface area contributed by atoms with Gasteiger partial charge in [-0.1, -0.05) is 0 Å². The average molecular weight is 330 g/mol. The van der Waals surface area contributed by atoms with Crippen molar-refractivity contribution in [1.29, 1.82) is 0 Å². The molecule has 2 rings (SSSR count). The Hall–Kier alpha value is -0.460. The van der Waals surface area contributed by atoms with Gasteiger partial charge in [-0.15, -0.1) is 0 Å². The SMILES string of the molecule is CCNC(=NCC1CCCS1)NCCCOCC1CCCO1. The molecule has 0 amide bonds. The number of thioether (sulfide) groups is 1. The Morgan fingerprint density at radius 3 is 3.00 bits per heavy atom. The van der Waals surface area contributed by atoms with Gasteiger partial charge in [0.1, 0.15) is 0 Å². The lowest BCUT2D eigenvalue weighted by Crippen LogP contribution is -2.38. The third-order valence-corrected chi connectivity index (χ3v) is 5.29. The number of rotatable bonds is 9. The van der Waals surface area contributed by atoms with Gasteiger partial charge in [0, 0.05) is 31.6 Å². The molecule has 22 heavy (non-hydrogen) atoms. The fourth-order valence-corrected chi connectivity index (χ4v) is 3.87. The number of nitrogens with zero attached hydrogens (tertiary/aromatic N) is 1. The standard InChI is InChI=1S/C16H31N3O2S/c1-2-17-16(19-12-15-7-4-11-22-15)18-8-5-9-20-13-14-6-3-10-21-14/h14-15H,2-13H2,1H3,(H2,17,18,19). The van der Waals surface area contributed by atoms with Crippen LogP contribution in [0.1, 0.15) is 39.0 Å². The van der Waals surface area contributed by atoms with Crippen LogP contribution >= 0.6 is 11.8 Å². The molecular formula is C16H31N3O2S. The predicted molar refractivity (Wildman–Crippen MR) is 93.9 cm³/mol. The highest BCUT2D eigenvalue weighted by Crippen LogP contribution is 2.25. The van der Waals surface area contributed by atoms with Crippen LogP contribution in [0, 0.1) is 0 Å². The molecule has 128 valence electrons. The molecule has 2 aliphatic heterocycles. The summed E-state index contributed by atoms with van der Waals surface area (Å²) in [4.78, 5) is 4.69. The lowest BCUT2D eigenvalue weighted by atomic mass is 10.2. The molecule has 2 saturated heterocycles. The van der Waals surface area contributed by atoms with E-state index < -0.39 is 0 Å². The first kappa shape index (κ1) is 17.9. The first-order valence-electron chi connectivity index (χ1n) is 8.71. The van der Waals surface area contributed by atoms with Crippen LogP contribution in [0.5, 0.6) is 0 Å². The monoisotopic (exact) mass is 329 g/mol. The van der Waals surface area contributed by atoms with Crippen molar-refractivity contribution < 1.29 is 9.47 Å². The van der Waals surface area contributed by atoms with Crippen molar-refractivity contribution in [3.8, 4) is 0 Å². The Balaban J connectivity index is 1.52. The Kier molecular flexibility index (Phi) is 9.05. The fourth-order valence-electron chi connectivity index (χ4n) is 2.69. The predicted octanol–water partition coefficient (Wildman–Crippen LogP) is 2.02. The first-order chi connectivity index (χ1) is 10.9. The van der Waals surface area contributed by atoms with Crippen molar-refractivity contribution in [2.45, 2.75) is 50.4 Å². The van der Waals surface area contributed by atoms with E-state index in [9.17, 15) is 0 Å². The second kappa shape index (κ2) is 11.1. The summed E-state index contributed by atoms with van der Waals surface area (Å²) in [5.41, 5.74) is 0. The molecule has 2 fully saturated rings. The minimum Gasteiger partial charge on any atom is -0.379 e. The summed E-state index contributed by atoms with van der Waals surface area (Å²) >= 11 is 2.05. The molecule has 0 radical (unpaired) electrons. The van der Waals surface area contributed by atoms with Crippen molar-refractivity contribution in [3.05, 3.63) is 0 Å². The molecular weight excluding hydrogens is 298 g/mol. The van der Waals surface area contributed by atoms with Crippen molar-refractivity contribution in [3.63, 3.8) is 0 Å². The maximum absolute atomic E-state index is 5.67. The van der Waals surface area contributed by atoms with Crippen LogP contribution in [0.15, 0.2) is 4.99 Å². The van der Waals surface area contributed by atoms with Crippen LogP contribution in [0.25, 0.3) is 0 Å². The largest absolute Gasteiger partial charge is 0.379 e. The van der Waals surface area contributed by atoms with Gasteiger partial charge >= 0.3 is 0 Å². The topological polar surface area (TPSA) is 54.9 Å². The average Bonchev–Trinajstić information content (AvgIpc) is 3.21. The minimum absolute atomic E-state index is 0.329. The highest BCUT2D eigenvalue weighted by Gasteiger charge is 2.15. The number of guanidine groups is 1. The van der Waals surface area contributed by atoms with Crippen LogP contribution in [-0.2, 0) is 9.47 Å². The molecule has 2 N–H and O–H groups in total. The maximum Gasteiger partial charge on any atom is 0.191 e. The van der Waals surface area contributed by atoms with Gasteiger partial charge in [-0.3, -0.25) is 4.99 Å². The summed E-state index contributed by atoms with van der Waals surface area (Å²) in [6, 6.07) is 0. The lowest BCUT2D eigenvalue weighted by molar-refractivity contribution is 0.0168. The van der Waals surface area contributed by atoms with E-state index in [2.05, 4.69) is 34.3 Å².